The number of aryl methyl sites for hydroxylation is 2. The fourth-order valence-corrected chi connectivity index (χ4v) is 2.63. The lowest BCUT2D eigenvalue weighted by Gasteiger charge is -2.17. The first-order chi connectivity index (χ1) is 8.91. The Morgan fingerprint density at radius 2 is 1.58 bits per heavy atom. The summed E-state index contributed by atoms with van der Waals surface area (Å²) in [6, 6.07) is 8.95. The second kappa shape index (κ2) is 5.72. The van der Waals surface area contributed by atoms with Crippen LogP contribution in [0.1, 0.15) is 28.4 Å². The number of hydrogen-bond acceptors (Lipinski definition) is 1. The van der Waals surface area contributed by atoms with Gasteiger partial charge in [0.25, 0.3) is 0 Å². The predicted octanol–water partition coefficient (Wildman–Crippen LogP) is 5.35. The number of hydrogen-bond donors (Lipinski definition) is 1. The summed E-state index contributed by atoms with van der Waals surface area (Å²) in [5, 5.41) is 12.0. The summed E-state index contributed by atoms with van der Waals surface area (Å²) < 4.78 is 0. The summed E-state index contributed by atoms with van der Waals surface area (Å²) in [6.45, 7) is 3.81. The second-order valence-corrected chi connectivity index (χ2v) is 5.70. The first-order valence-corrected chi connectivity index (χ1v) is 6.94. The Morgan fingerprint density at radius 3 is 2.26 bits per heavy atom. The van der Waals surface area contributed by atoms with Gasteiger partial charge in [0.2, 0.25) is 0 Å². The Balaban J connectivity index is 2.53. The number of benzene rings is 2. The van der Waals surface area contributed by atoms with Gasteiger partial charge in [-0.2, -0.15) is 0 Å². The van der Waals surface area contributed by atoms with Gasteiger partial charge in [-0.15, -0.1) is 0 Å². The van der Waals surface area contributed by atoms with E-state index in [0.29, 0.717) is 20.6 Å². The van der Waals surface area contributed by atoms with Crippen molar-refractivity contribution < 1.29 is 5.11 Å². The molecule has 2 aromatic rings. The summed E-state index contributed by atoms with van der Waals surface area (Å²) in [6.07, 6.45) is -0.817. The molecule has 0 aliphatic heterocycles. The fourth-order valence-electron chi connectivity index (χ4n) is 2.00. The zero-order valence-electron chi connectivity index (χ0n) is 10.5. The molecule has 0 heterocycles. The predicted molar refractivity (Wildman–Crippen MR) is 81.4 cm³/mol. The van der Waals surface area contributed by atoms with Gasteiger partial charge >= 0.3 is 0 Å². The molecule has 19 heavy (non-hydrogen) atoms. The van der Waals surface area contributed by atoms with Gasteiger partial charge < -0.3 is 5.11 Å². The summed E-state index contributed by atoms with van der Waals surface area (Å²) in [4.78, 5) is 0. The minimum absolute atomic E-state index is 0.378. The quantitative estimate of drug-likeness (QED) is 0.792. The molecule has 0 saturated heterocycles. The Morgan fingerprint density at radius 1 is 0.895 bits per heavy atom. The van der Waals surface area contributed by atoms with E-state index in [9.17, 15) is 5.11 Å². The molecule has 1 N–H and O–H groups in total. The first-order valence-electron chi connectivity index (χ1n) is 5.80. The van der Waals surface area contributed by atoms with E-state index in [1.54, 1.807) is 18.2 Å². The third-order valence-electron chi connectivity index (χ3n) is 3.12. The van der Waals surface area contributed by atoms with E-state index >= 15 is 0 Å². The van der Waals surface area contributed by atoms with Crippen molar-refractivity contribution in [2.75, 3.05) is 0 Å². The van der Waals surface area contributed by atoms with Crippen molar-refractivity contribution in [2.45, 2.75) is 20.0 Å². The zero-order chi connectivity index (χ0) is 14.2. The molecule has 100 valence electrons. The highest BCUT2D eigenvalue weighted by Gasteiger charge is 2.18. The second-order valence-electron chi connectivity index (χ2n) is 4.50. The molecule has 0 bridgehead atoms. The Labute approximate surface area is 127 Å². The standard InChI is InChI=1S/C15H13Cl3O/c1-8-7-13(17)9(2)6-11(8)15(19)10-4-3-5-12(16)14(10)18/h3-7,15,19H,1-2H3. The molecule has 0 aliphatic carbocycles. The van der Waals surface area contributed by atoms with Crippen LogP contribution in [-0.4, -0.2) is 5.11 Å². The van der Waals surface area contributed by atoms with Crippen LogP contribution in [0.4, 0.5) is 0 Å². The van der Waals surface area contributed by atoms with Gasteiger partial charge in [-0.05, 0) is 42.7 Å². The van der Waals surface area contributed by atoms with Crippen LogP contribution in [0.25, 0.3) is 0 Å². The minimum atomic E-state index is -0.817. The maximum absolute atomic E-state index is 10.5. The van der Waals surface area contributed by atoms with E-state index in [1.807, 2.05) is 26.0 Å². The first kappa shape index (κ1) is 14.7. The van der Waals surface area contributed by atoms with Crippen molar-refractivity contribution in [3.8, 4) is 0 Å². The highest BCUT2D eigenvalue weighted by Crippen LogP contribution is 2.35. The molecule has 1 unspecified atom stereocenters. The molecule has 1 atom stereocenters. The van der Waals surface area contributed by atoms with Crippen LogP contribution in [0.15, 0.2) is 30.3 Å². The molecule has 0 spiro atoms. The highest BCUT2D eigenvalue weighted by atomic mass is 35.5. The molecule has 4 heteroatoms. The summed E-state index contributed by atoms with van der Waals surface area (Å²) in [5.41, 5.74) is 3.21. The van der Waals surface area contributed by atoms with Crippen LogP contribution in [-0.2, 0) is 0 Å². The number of rotatable bonds is 2. The third kappa shape index (κ3) is 2.90. The molecule has 0 aliphatic rings. The molecule has 1 nitrogen and oxygen atoms in total. The van der Waals surface area contributed by atoms with E-state index in [2.05, 4.69) is 0 Å². The smallest absolute Gasteiger partial charge is 0.106 e. The van der Waals surface area contributed by atoms with Gasteiger partial charge in [-0.25, -0.2) is 0 Å². The SMILES string of the molecule is Cc1cc(C(O)c2cccc(Cl)c2Cl)c(C)cc1Cl. The number of aliphatic hydroxyl groups excluding tert-OH is 1. The van der Waals surface area contributed by atoms with Gasteiger partial charge in [-0.3, -0.25) is 0 Å². The summed E-state index contributed by atoms with van der Waals surface area (Å²) >= 11 is 18.2. The van der Waals surface area contributed by atoms with E-state index in [4.69, 9.17) is 34.8 Å². The average Bonchev–Trinajstić information content (AvgIpc) is 2.36. The highest BCUT2D eigenvalue weighted by molar-refractivity contribution is 6.42. The Hall–Kier alpha value is -0.730. The number of aliphatic hydroxyl groups is 1. The molecule has 0 saturated carbocycles. The molecule has 0 radical (unpaired) electrons. The van der Waals surface area contributed by atoms with Crippen molar-refractivity contribution in [3.05, 3.63) is 67.7 Å². The molecular formula is C15H13Cl3O. The Bertz CT molecular complexity index is 623. The molecule has 2 aromatic carbocycles. The van der Waals surface area contributed by atoms with Crippen LogP contribution in [0.5, 0.6) is 0 Å². The van der Waals surface area contributed by atoms with E-state index in [1.165, 1.54) is 0 Å². The van der Waals surface area contributed by atoms with Crippen molar-refractivity contribution in [2.24, 2.45) is 0 Å². The van der Waals surface area contributed by atoms with Gasteiger partial charge in [0.05, 0.1) is 10.0 Å². The topological polar surface area (TPSA) is 20.2 Å². The third-order valence-corrected chi connectivity index (χ3v) is 4.36. The molecule has 2 rings (SSSR count). The fraction of sp³-hybridized carbons (Fsp3) is 0.200. The van der Waals surface area contributed by atoms with Crippen LogP contribution in [0.2, 0.25) is 15.1 Å². The lowest BCUT2D eigenvalue weighted by molar-refractivity contribution is 0.219. The van der Waals surface area contributed by atoms with Gasteiger partial charge in [0.1, 0.15) is 6.10 Å². The minimum Gasteiger partial charge on any atom is -0.384 e. The normalized spacial score (nSPS) is 12.5. The van der Waals surface area contributed by atoms with Crippen molar-refractivity contribution in [3.63, 3.8) is 0 Å². The molecular weight excluding hydrogens is 303 g/mol. The van der Waals surface area contributed by atoms with Crippen molar-refractivity contribution in [1.82, 2.24) is 0 Å². The maximum Gasteiger partial charge on any atom is 0.106 e. The van der Waals surface area contributed by atoms with Gasteiger partial charge in [-0.1, -0.05) is 53.0 Å². The molecule has 0 amide bonds. The van der Waals surface area contributed by atoms with Crippen molar-refractivity contribution in [1.29, 1.82) is 0 Å². The lowest BCUT2D eigenvalue weighted by Crippen LogP contribution is -2.03. The van der Waals surface area contributed by atoms with Crippen LogP contribution >= 0.6 is 34.8 Å². The summed E-state index contributed by atoms with van der Waals surface area (Å²) in [5.74, 6) is 0. The van der Waals surface area contributed by atoms with E-state index in [-0.39, 0.29) is 0 Å². The molecule has 0 fully saturated rings. The van der Waals surface area contributed by atoms with Crippen molar-refractivity contribution >= 4 is 34.8 Å². The van der Waals surface area contributed by atoms with E-state index < -0.39 is 6.10 Å². The number of halogens is 3. The maximum atomic E-state index is 10.5. The summed E-state index contributed by atoms with van der Waals surface area (Å²) in [7, 11) is 0. The monoisotopic (exact) mass is 314 g/mol. The molecule has 0 aromatic heterocycles. The largest absolute Gasteiger partial charge is 0.384 e. The van der Waals surface area contributed by atoms with Crippen LogP contribution < -0.4 is 0 Å². The van der Waals surface area contributed by atoms with Gasteiger partial charge in [0, 0.05) is 10.6 Å². The average molecular weight is 316 g/mol. The van der Waals surface area contributed by atoms with Crippen LogP contribution in [0, 0.1) is 13.8 Å². The lowest BCUT2D eigenvalue weighted by atomic mass is 9.96. The van der Waals surface area contributed by atoms with E-state index in [0.717, 1.165) is 16.7 Å². The van der Waals surface area contributed by atoms with Gasteiger partial charge in [0.15, 0.2) is 0 Å². The Kier molecular flexibility index (Phi) is 4.42. The zero-order valence-corrected chi connectivity index (χ0v) is 12.8. The van der Waals surface area contributed by atoms with Crippen LogP contribution in [0.3, 0.4) is 0 Å².